The zero-order chi connectivity index (χ0) is 7.98. The summed E-state index contributed by atoms with van der Waals surface area (Å²) >= 11 is 3.19. The van der Waals surface area contributed by atoms with Gasteiger partial charge in [0.1, 0.15) is 0 Å². The molecule has 0 aromatic heterocycles. The number of alkyl halides is 1. The van der Waals surface area contributed by atoms with Gasteiger partial charge in [0.2, 0.25) is 0 Å². The molecule has 4 N–H and O–H groups in total. The lowest BCUT2D eigenvalue weighted by Crippen LogP contribution is -2.12. The van der Waals surface area contributed by atoms with E-state index >= 15 is 0 Å². The first-order valence-corrected chi connectivity index (χ1v) is 4.30. The Hall–Kier alpha value is 0.425. The van der Waals surface area contributed by atoms with E-state index in [2.05, 4.69) is 15.9 Å². The molecule has 0 radical (unpaired) electrons. The molecule has 5 heteroatoms. The minimum atomic E-state index is -1.16. The Morgan fingerprint density at radius 3 is 2.40 bits per heavy atom. The van der Waals surface area contributed by atoms with Gasteiger partial charge < -0.3 is 15.8 Å². The van der Waals surface area contributed by atoms with E-state index in [1.165, 1.54) is 0 Å². The summed E-state index contributed by atoms with van der Waals surface area (Å²) in [5.74, 6) is 0. The Balaban J connectivity index is 2.91. The zero-order valence-electron chi connectivity index (χ0n) is 5.83. The molecule has 0 aliphatic carbocycles. The van der Waals surface area contributed by atoms with Gasteiger partial charge in [0.15, 0.2) is 0 Å². The Kier molecular flexibility index (Phi) is 6.42. The summed E-state index contributed by atoms with van der Waals surface area (Å²) in [5, 5.41) is 16.9. The lowest BCUT2D eigenvalue weighted by Gasteiger charge is -2.01. The number of rotatable bonds is 5. The Morgan fingerprint density at radius 2 is 2.00 bits per heavy atom. The maximum absolute atomic E-state index is 8.43. The molecule has 0 aliphatic rings. The standard InChI is InChI=1S/C5H13BBrNO2/c7-5(8)3-1-2-4-6(9)10/h5,9-10H,1-4,8H2/t5-/m0/s1. The molecule has 0 unspecified atom stereocenters. The van der Waals surface area contributed by atoms with E-state index in [4.69, 9.17) is 15.8 Å². The van der Waals surface area contributed by atoms with Gasteiger partial charge in [0.25, 0.3) is 0 Å². The Labute approximate surface area is 69.9 Å². The molecule has 10 heavy (non-hydrogen) atoms. The topological polar surface area (TPSA) is 66.5 Å². The second-order valence-electron chi connectivity index (χ2n) is 2.28. The summed E-state index contributed by atoms with van der Waals surface area (Å²) in [6.07, 6.45) is 3.08. The molecule has 0 saturated carbocycles. The molecular formula is C5H13BBrNO2. The van der Waals surface area contributed by atoms with E-state index in [0.29, 0.717) is 6.32 Å². The van der Waals surface area contributed by atoms with Crippen molar-refractivity contribution in [3.05, 3.63) is 0 Å². The van der Waals surface area contributed by atoms with Gasteiger partial charge in [-0.1, -0.05) is 28.8 Å². The number of halogens is 1. The first-order chi connectivity index (χ1) is 4.63. The second kappa shape index (κ2) is 6.16. The van der Waals surface area contributed by atoms with Crippen LogP contribution in [0.1, 0.15) is 19.3 Å². The van der Waals surface area contributed by atoms with Gasteiger partial charge in [-0.3, -0.25) is 0 Å². The molecule has 0 aromatic rings. The lowest BCUT2D eigenvalue weighted by atomic mass is 9.83. The van der Waals surface area contributed by atoms with Crippen molar-refractivity contribution in [2.24, 2.45) is 5.73 Å². The van der Waals surface area contributed by atoms with E-state index in [0.717, 1.165) is 19.3 Å². The van der Waals surface area contributed by atoms with E-state index in [1.807, 2.05) is 0 Å². The fourth-order valence-electron chi connectivity index (χ4n) is 0.666. The third kappa shape index (κ3) is 8.42. The van der Waals surface area contributed by atoms with Crippen molar-refractivity contribution >= 4 is 23.0 Å². The van der Waals surface area contributed by atoms with Crippen LogP contribution in [0.25, 0.3) is 0 Å². The number of unbranched alkanes of at least 4 members (excludes halogenated alkanes) is 1. The van der Waals surface area contributed by atoms with Crippen molar-refractivity contribution in [2.75, 3.05) is 0 Å². The molecule has 0 aliphatic heterocycles. The molecule has 0 saturated heterocycles. The quantitative estimate of drug-likeness (QED) is 0.264. The molecule has 0 amide bonds. The van der Waals surface area contributed by atoms with Crippen molar-refractivity contribution in [2.45, 2.75) is 30.5 Å². The van der Waals surface area contributed by atoms with Crippen LogP contribution in [0.15, 0.2) is 0 Å². The molecule has 3 nitrogen and oxygen atoms in total. The normalized spacial score (nSPS) is 13.2. The highest BCUT2D eigenvalue weighted by Gasteiger charge is 2.05. The predicted octanol–water partition coefficient (Wildman–Crippen LogP) is 0.309. The van der Waals surface area contributed by atoms with Crippen molar-refractivity contribution in [1.82, 2.24) is 0 Å². The van der Waals surface area contributed by atoms with Crippen LogP contribution in [0, 0.1) is 0 Å². The molecule has 0 fully saturated rings. The van der Waals surface area contributed by atoms with E-state index in [9.17, 15) is 0 Å². The monoisotopic (exact) mass is 209 g/mol. The summed E-state index contributed by atoms with van der Waals surface area (Å²) in [6.45, 7) is 0. The van der Waals surface area contributed by atoms with Crippen LogP contribution in [0.5, 0.6) is 0 Å². The van der Waals surface area contributed by atoms with Crippen molar-refractivity contribution in [3.63, 3.8) is 0 Å². The van der Waals surface area contributed by atoms with Crippen LogP contribution in [0.2, 0.25) is 6.32 Å². The SMILES string of the molecule is N[C@H](Br)CCCCB(O)O. The van der Waals surface area contributed by atoms with Gasteiger partial charge in [0, 0.05) is 0 Å². The van der Waals surface area contributed by atoms with Gasteiger partial charge in [-0.2, -0.15) is 0 Å². The van der Waals surface area contributed by atoms with Gasteiger partial charge in [0.05, 0.1) is 4.95 Å². The summed E-state index contributed by atoms with van der Waals surface area (Å²) < 4.78 is 0. The molecule has 0 bridgehead atoms. The van der Waals surface area contributed by atoms with Crippen LogP contribution in [0.3, 0.4) is 0 Å². The Morgan fingerprint density at radius 1 is 1.40 bits per heavy atom. The molecule has 0 aromatic carbocycles. The van der Waals surface area contributed by atoms with Crippen molar-refractivity contribution < 1.29 is 10.0 Å². The Bertz CT molecular complexity index is 72.0. The van der Waals surface area contributed by atoms with E-state index in [-0.39, 0.29) is 4.95 Å². The average molecular weight is 210 g/mol. The highest BCUT2D eigenvalue weighted by molar-refractivity contribution is 9.09. The molecule has 0 rings (SSSR count). The number of hydrogen-bond acceptors (Lipinski definition) is 3. The van der Waals surface area contributed by atoms with Crippen LogP contribution in [-0.4, -0.2) is 22.1 Å². The van der Waals surface area contributed by atoms with Crippen LogP contribution < -0.4 is 5.73 Å². The third-order valence-electron chi connectivity index (χ3n) is 1.19. The molecule has 1 atom stereocenters. The number of hydrogen-bond donors (Lipinski definition) is 3. The maximum atomic E-state index is 8.43. The molecular weight excluding hydrogens is 197 g/mol. The third-order valence-corrected chi connectivity index (χ3v) is 1.65. The number of nitrogens with two attached hydrogens (primary N) is 1. The second-order valence-corrected chi connectivity index (χ2v) is 3.46. The first-order valence-electron chi connectivity index (χ1n) is 3.38. The van der Waals surface area contributed by atoms with Gasteiger partial charge >= 0.3 is 7.12 Å². The minimum Gasteiger partial charge on any atom is -0.427 e. The van der Waals surface area contributed by atoms with Gasteiger partial charge in [-0.05, 0) is 12.7 Å². The maximum Gasteiger partial charge on any atom is 0.451 e. The van der Waals surface area contributed by atoms with E-state index in [1.54, 1.807) is 0 Å². The summed E-state index contributed by atoms with van der Waals surface area (Å²) in [4.78, 5) is 0.0448. The van der Waals surface area contributed by atoms with Gasteiger partial charge in [-0.25, -0.2) is 0 Å². The van der Waals surface area contributed by atoms with Crippen LogP contribution >= 0.6 is 15.9 Å². The largest absolute Gasteiger partial charge is 0.451 e. The van der Waals surface area contributed by atoms with Crippen molar-refractivity contribution in [1.29, 1.82) is 0 Å². The smallest absolute Gasteiger partial charge is 0.427 e. The minimum absolute atomic E-state index is 0.0448. The average Bonchev–Trinajstić information content (AvgIpc) is 1.79. The molecule has 0 spiro atoms. The molecule has 0 heterocycles. The fraction of sp³-hybridized carbons (Fsp3) is 1.00. The first kappa shape index (κ1) is 10.4. The zero-order valence-corrected chi connectivity index (χ0v) is 7.42. The summed E-state index contributed by atoms with van der Waals surface area (Å²) in [5.41, 5.74) is 5.40. The van der Waals surface area contributed by atoms with E-state index < -0.39 is 7.12 Å². The van der Waals surface area contributed by atoms with Crippen LogP contribution in [0.4, 0.5) is 0 Å². The summed E-state index contributed by atoms with van der Waals surface area (Å²) in [7, 11) is -1.16. The predicted molar refractivity (Wildman–Crippen MR) is 45.8 cm³/mol. The highest BCUT2D eigenvalue weighted by atomic mass is 79.9. The van der Waals surface area contributed by atoms with Crippen molar-refractivity contribution in [3.8, 4) is 0 Å². The summed E-state index contributed by atoms with van der Waals surface area (Å²) in [6, 6.07) is 0. The highest BCUT2D eigenvalue weighted by Crippen LogP contribution is 2.06. The molecule has 60 valence electrons. The fourth-order valence-corrected chi connectivity index (χ4v) is 0.990. The van der Waals surface area contributed by atoms with Gasteiger partial charge in [-0.15, -0.1) is 0 Å². The van der Waals surface area contributed by atoms with Crippen LogP contribution in [-0.2, 0) is 0 Å². The lowest BCUT2D eigenvalue weighted by molar-refractivity contribution is 0.401.